The van der Waals surface area contributed by atoms with E-state index in [0.717, 1.165) is 43.7 Å². The molecule has 0 unspecified atom stereocenters. The number of aryl methyl sites for hydroxylation is 1. The molecule has 0 amide bonds. The predicted octanol–water partition coefficient (Wildman–Crippen LogP) is 1.89. The molecule has 7 nitrogen and oxygen atoms in total. The summed E-state index contributed by atoms with van der Waals surface area (Å²) >= 11 is 0. The maximum atomic E-state index is 5.76. The van der Waals surface area contributed by atoms with Crippen LogP contribution in [0.4, 0.5) is 5.82 Å². The molecular formula is C22H32N6O. The fourth-order valence-electron chi connectivity index (χ4n) is 3.24. The molecule has 0 radical (unpaired) electrons. The molecule has 2 N–H and O–H groups in total. The highest BCUT2D eigenvalue weighted by Gasteiger charge is 2.17. The van der Waals surface area contributed by atoms with Gasteiger partial charge in [-0.2, -0.15) is 0 Å². The van der Waals surface area contributed by atoms with Gasteiger partial charge in [0.1, 0.15) is 18.2 Å². The van der Waals surface area contributed by atoms with Crippen LogP contribution in [0.15, 0.2) is 47.6 Å². The maximum absolute atomic E-state index is 5.76. The Morgan fingerprint density at radius 1 is 1.10 bits per heavy atom. The van der Waals surface area contributed by atoms with Crippen molar-refractivity contribution in [2.75, 3.05) is 58.3 Å². The Balaban J connectivity index is 1.46. The lowest BCUT2D eigenvalue weighted by atomic mass is 10.2. The summed E-state index contributed by atoms with van der Waals surface area (Å²) in [5.41, 5.74) is 2.40. The van der Waals surface area contributed by atoms with E-state index in [9.17, 15) is 0 Å². The standard InChI is InChI=1S/C22H32N6O/c1-18-6-8-20(9-7-18)29-16-11-25-22(23-2)26-17-19-5-4-10-24-21(19)28-14-12-27(3)13-15-28/h4-10H,11-17H2,1-3H3,(H2,23,25,26). The largest absolute Gasteiger partial charge is 0.492 e. The van der Waals surface area contributed by atoms with Crippen molar-refractivity contribution in [2.24, 2.45) is 4.99 Å². The number of likely N-dealkylation sites (N-methyl/N-ethyl adjacent to an activating group) is 1. The van der Waals surface area contributed by atoms with Gasteiger partial charge in [0, 0.05) is 51.5 Å². The normalized spacial score (nSPS) is 15.3. The third-order valence-corrected chi connectivity index (χ3v) is 5.02. The quantitative estimate of drug-likeness (QED) is 0.423. The molecule has 0 saturated carbocycles. The molecule has 1 aliphatic heterocycles. The van der Waals surface area contributed by atoms with E-state index in [1.54, 1.807) is 7.05 Å². The van der Waals surface area contributed by atoms with Gasteiger partial charge in [0.25, 0.3) is 0 Å². The van der Waals surface area contributed by atoms with E-state index >= 15 is 0 Å². The van der Waals surface area contributed by atoms with Gasteiger partial charge in [0.05, 0.1) is 6.54 Å². The SMILES string of the molecule is CN=C(NCCOc1ccc(C)cc1)NCc1cccnc1N1CCN(C)CC1. The van der Waals surface area contributed by atoms with Crippen molar-refractivity contribution in [3.05, 3.63) is 53.7 Å². The monoisotopic (exact) mass is 396 g/mol. The summed E-state index contributed by atoms with van der Waals surface area (Å²) in [6.45, 7) is 8.12. The maximum Gasteiger partial charge on any atom is 0.191 e. The molecule has 1 saturated heterocycles. The second-order valence-corrected chi connectivity index (χ2v) is 7.29. The molecule has 7 heteroatoms. The molecule has 1 aromatic carbocycles. The molecule has 3 rings (SSSR count). The van der Waals surface area contributed by atoms with Gasteiger partial charge in [-0.3, -0.25) is 4.99 Å². The molecular weight excluding hydrogens is 364 g/mol. The van der Waals surface area contributed by atoms with E-state index in [4.69, 9.17) is 4.74 Å². The molecule has 0 spiro atoms. The van der Waals surface area contributed by atoms with Gasteiger partial charge in [-0.15, -0.1) is 0 Å². The van der Waals surface area contributed by atoms with E-state index in [2.05, 4.69) is 62.6 Å². The van der Waals surface area contributed by atoms with Crippen molar-refractivity contribution < 1.29 is 4.74 Å². The molecule has 1 fully saturated rings. The second kappa shape index (κ2) is 10.7. The molecule has 0 bridgehead atoms. The third kappa shape index (κ3) is 6.35. The predicted molar refractivity (Wildman–Crippen MR) is 119 cm³/mol. The number of rotatable bonds is 7. The van der Waals surface area contributed by atoms with Gasteiger partial charge in [0.15, 0.2) is 5.96 Å². The van der Waals surface area contributed by atoms with Crippen LogP contribution in [0.1, 0.15) is 11.1 Å². The summed E-state index contributed by atoms with van der Waals surface area (Å²) < 4.78 is 5.76. The number of aliphatic imine (C=N–C) groups is 1. The molecule has 1 aliphatic rings. The average molecular weight is 397 g/mol. The molecule has 0 atom stereocenters. The van der Waals surface area contributed by atoms with Crippen molar-refractivity contribution in [2.45, 2.75) is 13.5 Å². The van der Waals surface area contributed by atoms with Gasteiger partial charge in [0.2, 0.25) is 0 Å². The van der Waals surface area contributed by atoms with Crippen LogP contribution < -0.4 is 20.3 Å². The molecule has 1 aromatic heterocycles. The zero-order valence-electron chi connectivity index (χ0n) is 17.7. The summed E-state index contributed by atoms with van der Waals surface area (Å²) in [7, 11) is 3.94. The topological polar surface area (TPSA) is 65.0 Å². The van der Waals surface area contributed by atoms with E-state index < -0.39 is 0 Å². The molecule has 156 valence electrons. The molecule has 0 aliphatic carbocycles. The van der Waals surface area contributed by atoms with E-state index in [0.29, 0.717) is 19.7 Å². The van der Waals surface area contributed by atoms with Crippen LogP contribution in [0.2, 0.25) is 0 Å². The van der Waals surface area contributed by atoms with Crippen LogP contribution in [0.25, 0.3) is 0 Å². The summed E-state index contributed by atoms with van der Waals surface area (Å²) in [4.78, 5) is 13.7. The van der Waals surface area contributed by atoms with Crippen LogP contribution in [0, 0.1) is 6.92 Å². The summed E-state index contributed by atoms with van der Waals surface area (Å²) in [6, 6.07) is 12.2. The zero-order chi connectivity index (χ0) is 20.5. The lowest BCUT2D eigenvalue weighted by Crippen LogP contribution is -2.45. The fraction of sp³-hybridized carbons (Fsp3) is 0.455. The van der Waals surface area contributed by atoms with Crippen molar-refractivity contribution in [1.29, 1.82) is 0 Å². The Kier molecular flexibility index (Phi) is 7.69. The second-order valence-electron chi connectivity index (χ2n) is 7.29. The Bertz CT molecular complexity index is 784. The minimum atomic E-state index is 0.573. The Hall–Kier alpha value is -2.80. The third-order valence-electron chi connectivity index (χ3n) is 5.02. The molecule has 29 heavy (non-hydrogen) atoms. The van der Waals surface area contributed by atoms with E-state index in [1.165, 1.54) is 11.1 Å². The Labute approximate surface area is 173 Å². The number of aromatic nitrogens is 1. The van der Waals surface area contributed by atoms with Crippen molar-refractivity contribution >= 4 is 11.8 Å². The number of piperazine rings is 1. The highest BCUT2D eigenvalue weighted by molar-refractivity contribution is 5.79. The van der Waals surface area contributed by atoms with Crippen LogP contribution in [-0.2, 0) is 6.54 Å². The van der Waals surface area contributed by atoms with Crippen molar-refractivity contribution in [3.8, 4) is 5.75 Å². The number of pyridine rings is 1. The number of hydrogen-bond donors (Lipinski definition) is 2. The van der Waals surface area contributed by atoms with Crippen LogP contribution in [-0.4, -0.2) is 69.3 Å². The first-order chi connectivity index (χ1) is 14.2. The van der Waals surface area contributed by atoms with Crippen molar-refractivity contribution in [3.63, 3.8) is 0 Å². The highest BCUT2D eigenvalue weighted by Crippen LogP contribution is 2.18. The first-order valence-electron chi connectivity index (χ1n) is 10.2. The zero-order valence-corrected chi connectivity index (χ0v) is 17.7. The fourth-order valence-corrected chi connectivity index (χ4v) is 3.24. The van der Waals surface area contributed by atoms with Crippen LogP contribution in [0.3, 0.4) is 0 Å². The van der Waals surface area contributed by atoms with Crippen molar-refractivity contribution in [1.82, 2.24) is 20.5 Å². The summed E-state index contributed by atoms with van der Waals surface area (Å²) in [6.07, 6.45) is 1.87. The Morgan fingerprint density at radius 2 is 1.86 bits per heavy atom. The molecule has 2 heterocycles. The minimum absolute atomic E-state index is 0.573. The van der Waals surface area contributed by atoms with Gasteiger partial charge < -0.3 is 25.2 Å². The number of anilines is 1. The summed E-state index contributed by atoms with van der Waals surface area (Å²) in [5.74, 6) is 2.70. The number of nitrogens with zero attached hydrogens (tertiary/aromatic N) is 4. The summed E-state index contributed by atoms with van der Waals surface area (Å²) in [5, 5.41) is 6.69. The van der Waals surface area contributed by atoms with Gasteiger partial charge >= 0.3 is 0 Å². The van der Waals surface area contributed by atoms with E-state index in [-0.39, 0.29) is 0 Å². The van der Waals surface area contributed by atoms with Gasteiger partial charge in [-0.05, 0) is 32.2 Å². The number of guanidine groups is 1. The highest BCUT2D eigenvalue weighted by atomic mass is 16.5. The smallest absolute Gasteiger partial charge is 0.191 e. The van der Waals surface area contributed by atoms with Gasteiger partial charge in [-0.1, -0.05) is 23.8 Å². The number of benzene rings is 1. The number of nitrogens with one attached hydrogen (secondary N) is 2. The molecule has 2 aromatic rings. The number of ether oxygens (including phenoxy) is 1. The first kappa shape index (κ1) is 20.9. The average Bonchev–Trinajstić information content (AvgIpc) is 2.75. The lowest BCUT2D eigenvalue weighted by Gasteiger charge is -2.34. The Morgan fingerprint density at radius 3 is 2.59 bits per heavy atom. The lowest BCUT2D eigenvalue weighted by molar-refractivity contribution is 0.311. The van der Waals surface area contributed by atoms with Gasteiger partial charge in [-0.25, -0.2) is 4.98 Å². The van der Waals surface area contributed by atoms with E-state index in [1.807, 2.05) is 24.4 Å². The first-order valence-corrected chi connectivity index (χ1v) is 10.2. The number of hydrogen-bond acceptors (Lipinski definition) is 5. The van der Waals surface area contributed by atoms with Crippen LogP contribution >= 0.6 is 0 Å². The minimum Gasteiger partial charge on any atom is -0.492 e. The van der Waals surface area contributed by atoms with Crippen LogP contribution in [0.5, 0.6) is 5.75 Å².